The molecule has 7 N–H and O–H groups in total. The van der Waals surface area contributed by atoms with E-state index in [1.807, 2.05) is 64.3 Å². The number of nitrogens with one attached hydrogen (secondary N) is 5. The predicted octanol–water partition coefficient (Wildman–Crippen LogP) is 3.51. The average Bonchev–Trinajstić information content (AvgIpc) is 3.05. The summed E-state index contributed by atoms with van der Waals surface area (Å²) in [7, 11) is 0. The van der Waals surface area contributed by atoms with E-state index in [0.29, 0.717) is 25.1 Å². The Morgan fingerprint density at radius 3 is 1.88 bits per heavy atom. The van der Waals surface area contributed by atoms with Crippen LogP contribution >= 0.6 is 11.8 Å². The van der Waals surface area contributed by atoms with Crippen molar-refractivity contribution in [2.75, 3.05) is 18.6 Å². The van der Waals surface area contributed by atoms with E-state index in [-0.39, 0.29) is 43.1 Å². The van der Waals surface area contributed by atoms with Gasteiger partial charge in [-0.3, -0.25) is 19.2 Å². The number of rotatable bonds is 22. The van der Waals surface area contributed by atoms with Gasteiger partial charge in [0.1, 0.15) is 23.7 Å². The molecule has 0 radical (unpaired) electrons. The molecular formula is C38H65N5O8S. The third-order valence-corrected chi connectivity index (χ3v) is 8.96. The molecule has 6 atom stereocenters. The molecule has 0 aliphatic carbocycles. The lowest BCUT2D eigenvalue weighted by Crippen LogP contribution is -2.58. The summed E-state index contributed by atoms with van der Waals surface area (Å²) < 4.78 is 5.33. The summed E-state index contributed by atoms with van der Waals surface area (Å²) in [6, 6.07) is 5.83. The first-order valence-electron chi connectivity index (χ1n) is 18.3. The van der Waals surface area contributed by atoms with Crippen molar-refractivity contribution < 1.29 is 38.9 Å². The van der Waals surface area contributed by atoms with Crippen LogP contribution in [0.5, 0.6) is 0 Å². The number of hydrogen-bond acceptors (Lipinski definition) is 9. The molecule has 0 spiro atoms. The second kappa shape index (κ2) is 23.3. The van der Waals surface area contributed by atoms with Crippen LogP contribution in [-0.2, 0) is 30.5 Å². The lowest BCUT2D eigenvalue weighted by Gasteiger charge is -2.31. The molecule has 5 amide bonds. The van der Waals surface area contributed by atoms with Gasteiger partial charge in [-0.1, -0.05) is 71.9 Å². The van der Waals surface area contributed by atoms with Gasteiger partial charge in [-0.15, -0.1) is 0 Å². The Hall–Kier alpha value is -3.36. The van der Waals surface area contributed by atoms with E-state index in [2.05, 4.69) is 26.6 Å². The molecule has 1 aromatic rings. The molecule has 0 saturated carbocycles. The average molecular weight is 752 g/mol. The molecule has 0 bridgehead atoms. The van der Waals surface area contributed by atoms with Gasteiger partial charge in [-0.2, -0.15) is 11.8 Å². The number of alkyl carbamates (subject to hydrolysis) is 1. The lowest BCUT2D eigenvalue weighted by atomic mass is 9.89. The standard InChI is InChI=1S/C38H65N5O8S/c1-23(2)20-29(41-34(47)28(17-19-52-10)40-36(49)32(25(5)6)43-37(50)51-38(7,8)9)30(45)21-27(16-18-44)33(46)42-31(24(3)4)35(48)39-22-26-14-12-11-13-15-26/h11-15,23-25,27-32,44-45H,16-22H2,1-10H3,(H,39,48)(H,40,49)(H,41,47)(H,42,46)(H,43,50)/t27-,28+,29+,30+,31+,32+/m1/s1. The van der Waals surface area contributed by atoms with E-state index in [4.69, 9.17) is 4.74 Å². The van der Waals surface area contributed by atoms with Gasteiger partial charge in [0.15, 0.2) is 0 Å². The summed E-state index contributed by atoms with van der Waals surface area (Å²) in [5.41, 5.74) is 0.149. The second-order valence-corrected chi connectivity index (χ2v) is 16.4. The Kier molecular flexibility index (Phi) is 20.9. The summed E-state index contributed by atoms with van der Waals surface area (Å²) in [6.45, 7) is 16.2. The molecule has 1 aromatic carbocycles. The number of carbonyl (C=O) groups excluding carboxylic acids is 5. The summed E-state index contributed by atoms with van der Waals surface area (Å²) in [5.74, 6) is -2.70. The minimum atomic E-state index is -1.19. The van der Waals surface area contributed by atoms with Crippen LogP contribution < -0.4 is 26.6 Å². The normalized spacial score (nSPS) is 15.2. The highest BCUT2D eigenvalue weighted by Gasteiger charge is 2.34. The predicted molar refractivity (Wildman–Crippen MR) is 205 cm³/mol. The van der Waals surface area contributed by atoms with Crippen molar-refractivity contribution in [2.24, 2.45) is 23.7 Å². The number of thioether (sulfide) groups is 1. The minimum Gasteiger partial charge on any atom is -0.444 e. The molecule has 52 heavy (non-hydrogen) atoms. The van der Waals surface area contributed by atoms with Gasteiger partial charge in [0.2, 0.25) is 23.6 Å². The first kappa shape index (κ1) is 46.7. The monoisotopic (exact) mass is 751 g/mol. The number of benzene rings is 1. The highest BCUT2D eigenvalue weighted by Crippen LogP contribution is 2.20. The van der Waals surface area contributed by atoms with Crippen LogP contribution in [0.25, 0.3) is 0 Å². The van der Waals surface area contributed by atoms with Crippen LogP contribution in [0.3, 0.4) is 0 Å². The van der Waals surface area contributed by atoms with Gasteiger partial charge >= 0.3 is 6.09 Å². The quantitative estimate of drug-likeness (QED) is 0.0928. The lowest BCUT2D eigenvalue weighted by molar-refractivity contribution is -0.133. The van der Waals surface area contributed by atoms with Crippen LogP contribution in [0.2, 0.25) is 0 Å². The number of carbonyl (C=O) groups is 5. The van der Waals surface area contributed by atoms with E-state index in [1.165, 1.54) is 11.8 Å². The molecule has 0 saturated heterocycles. The highest BCUT2D eigenvalue weighted by atomic mass is 32.2. The molecule has 0 aliphatic heterocycles. The molecule has 0 heterocycles. The Balaban J connectivity index is 3.12. The Bertz CT molecular complexity index is 1260. The van der Waals surface area contributed by atoms with Crippen molar-refractivity contribution in [2.45, 2.75) is 130 Å². The second-order valence-electron chi connectivity index (χ2n) is 15.4. The van der Waals surface area contributed by atoms with Crippen LogP contribution in [0.15, 0.2) is 30.3 Å². The Labute approximate surface area is 314 Å². The highest BCUT2D eigenvalue weighted by molar-refractivity contribution is 7.98. The van der Waals surface area contributed by atoms with E-state index < -0.39 is 65.6 Å². The van der Waals surface area contributed by atoms with Crippen LogP contribution in [0, 0.1) is 23.7 Å². The molecule has 0 aliphatic rings. The zero-order valence-electron chi connectivity index (χ0n) is 32.8. The van der Waals surface area contributed by atoms with Crippen molar-refractivity contribution in [3.63, 3.8) is 0 Å². The molecule has 14 heteroatoms. The largest absolute Gasteiger partial charge is 0.444 e. The zero-order chi connectivity index (χ0) is 39.6. The molecular weight excluding hydrogens is 687 g/mol. The minimum absolute atomic E-state index is 0.0370. The zero-order valence-corrected chi connectivity index (χ0v) is 33.6. The molecule has 0 unspecified atom stereocenters. The summed E-state index contributed by atoms with van der Waals surface area (Å²) in [6.07, 6.45) is 0.556. The van der Waals surface area contributed by atoms with Gasteiger partial charge in [-0.05, 0) is 81.8 Å². The smallest absolute Gasteiger partial charge is 0.408 e. The molecule has 13 nitrogen and oxygen atoms in total. The molecule has 0 aromatic heterocycles. The molecule has 1 rings (SSSR count). The van der Waals surface area contributed by atoms with Crippen LogP contribution in [0.1, 0.15) is 93.6 Å². The topological polar surface area (TPSA) is 195 Å². The van der Waals surface area contributed by atoms with Gasteiger partial charge < -0.3 is 41.5 Å². The third kappa shape index (κ3) is 17.9. The fourth-order valence-electron chi connectivity index (χ4n) is 5.51. The maximum absolute atomic E-state index is 13.8. The number of hydrogen-bond donors (Lipinski definition) is 7. The molecule has 296 valence electrons. The summed E-state index contributed by atoms with van der Waals surface area (Å²) in [4.78, 5) is 66.4. The third-order valence-electron chi connectivity index (χ3n) is 8.31. The van der Waals surface area contributed by atoms with Crippen molar-refractivity contribution in [1.82, 2.24) is 26.6 Å². The van der Waals surface area contributed by atoms with Gasteiger partial charge in [0.05, 0.1) is 12.1 Å². The van der Waals surface area contributed by atoms with Crippen LogP contribution in [0.4, 0.5) is 4.79 Å². The van der Waals surface area contributed by atoms with Crippen molar-refractivity contribution in [3.8, 4) is 0 Å². The van der Waals surface area contributed by atoms with E-state index in [0.717, 1.165) is 5.56 Å². The summed E-state index contributed by atoms with van der Waals surface area (Å²) >= 11 is 1.50. The fourth-order valence-corrected chi connectivity index (χ4v) is 5.98. The number of aliphatic hydroxyl groups is 2. The van der Waals surface area contributed by atoms with Crippen molar-refractivity contribution in [1.29, 1.82) is 0 Å². The first-order chi connectivity index (χ1) is 24.3. The number of amides is 5. The maximum Gasteiger partial charge on any atom is 0.408 e. The Morgan fingerprint density at radius 1 is 0.769 bits per heavy atom. The van der Waals surface area contributed by atoms with Crippen molar-refractivity contribution in [3.05, 3.63) is 35.9 Å². The number of aliphatic hydroxyl groups excluding tert-OH is 2. The van der Waals surface area contributed by atoms with Crippen LogP contribution in [-0.4, -0.2) is 94.4 Å². The summed E-state index contributed by atoms with van der Waals surface area (Å²) in [5, 5.41) is 35.3. The fraction of sp³-hybridized carbons (Fsp3) is 0.711. The van der Waals surface area contributed by atoms with Gasteiger partial charge in [0, 0.05) is 19.1 Å². The van der Waals surface area contributed by atoms with E-state index >= 15 is 0 Å². The van der Waals surface area contributed by atoms with Gasteiger partial charge in [-0.25, -0.2) is 4.79 Å². The van der Waals surface area contributed by atoms with Gasteiger partial charge in [0.25, 0.3) is 0 Å². The molecule has 0 fully saturated rings. The first-order valence-corrected chi connectivity index (χ1v) is 19.7. The Morgan fingerprint density at radius 2 is 1.37 bits per heavy atom. The van der Waals surface area contributed by atoms with Crippen molar-refractivity contribution >= 4 is 41.5 Å². The van der Waals surface area contributed by atoms with E-state index in [1.54, 1.807) is 34.6 Å². The van der Waals surface area contributed by atoms with E-state index in [9.17, 15) is 34.2 Å². The SMILES string of the molecule is CSCC[C@H](NC(=O)[C@@H](NC(=O)OC(C)(C)C)C(C)C)C(=O)N[C@@H](CC(C)C)[C@@H](O)C[C@@H](CCO)C(=O)N[C@H](C(=O)NCc1ccccc1)C(C)C. The number of ether oxygens (including phenoxy) is 1. The maximum atomic E-state index is 13.8.